The maximum atomic E-state index is 9.00. The molecule has 0 saturated heterocycles. The fraction of sp³-hybridized carbons (Fsp3) is 0.400. The molecule has 0 fully saturated rings. The van der Waals surface area contributed by atoms with Crippen LogP contribution in [0.1, 0.15) is 26.3 Å². The van der Waals surface area contributed by atoms with Gasteiger partial charge in [0.25, 0.3) is 0 Å². The van der Waals surface area contributed by atoms with Gasteiger partial charge in [0.15, 0.2) is 0 Å². The highest BCUT2D eigenvalue weighted by atomic mass is 15.2. The first kappa shape index (κ1) is 11.7. The smallest absolute Gasteiger partial charge is 0.106 e. The van der Waals surface area contributed by atoms with Crippen LogP contribution < -0.4 is 4.90 Å². The Morgan fingerprint density at radius 2 is 2.00 bits per heavy atom. The quantitative estimate of drug-likeness (QED) is 0.686. The second kappa shape index (κ2) is 4.63. The van der Waals surface area contributed by atoms with Gasteiger partial charge < -0.3 is 4.90 Å². The first-order valence-electron chi connectivity index (χ1n) is 6.06. The summed E-state index contributed by atoms with van der Waals surface area (Å²) in [4.78, 5) is 2.20. The molecule has 0 radical (unpaired) electrons. The maximum Gasteiger partial charge on any atom is 0.106 e. The van der Waals surface area contributed by atoms with E-state index < -0.39 is 0 Å². The molecule has 1 aromatic rings. The number of benzene rings is 1. The second-order valence-electron chi connectivity index (χ2n) is 4.75. The number of nitriles is 1. The Labute approximate surface area is 103 Å². The van der Waals surface area contributed by atoms with E-state index in [1.165, 1.54) is 16.8 Å². The fourth-order valence-electron chi connectivity index (χ4n) is 2.49. The lowest BCUT2D eigenvalue weighted by Crippen LogP contribution is -2.37. The van der Waals surface area contributed by atoms with Gasteiger partial charge in [-0.25, -0.2) is 0 Å². The van der Waals surface area contributed by atoms with Gasteiger partial charge in [-0.2, -0.15) is 5.26 Å². The summed E-state index contributed by atoms with van der Waals surface area (Å²) in [5.74, 6) is 0.454. The van der Waals surface area contributed by atoms with Gasteiger partial charge in [0.1, 0.15) is 6.54 Å². The zero-order valence-corrected chi connectivity index (χ0v) is 10.6. The minimum Gasteiger partial charge on any atom is -0.354 e. The number of nitrogens with zero attached hydrogens (tertiary/aromatic N) is 2. The Hall–Kier alpha value is -1.75. The molecule has 0 spiro atoms. The second-order valence-corrected chi connectivity index (χ2v) is 4.75. The van der Waals surface area contributed by atoms with Gasteiger partial charge in [-0.15, -0.1) is 0 Å². The number of anilines is 1. The van der Waals surface area contributed by atoms with Crippen molar-refractivity contribution in [1.29, 1.82) is 5.26 Å². The van der Waals surface area contributed by atoms with Crippen molar-refractivity contribution >= 4 is 11.3 Å². The molecular formula is C15H18N2. The Morgan fingerprint density at radius 1 is 1.29 bits per heavy atom. The van der Waals surface area contributed by atoms with E-state index in [4.69, 9.17) is 5.26 Å². The van der Waals surface area contributed by atoms with E-state index >= 15 is 0 Å². The Bertz CT molecular complexity index is 482. The number of allylic oxidation sites excluding steroid dienone is 1. The third-order valence-electron chi connectivity index (χ3n) is 3.64. The van der Waals surface area contributed by atoms with E-state index in [0.717, 1.165) is 0 Å². The van der Waals surface area contributed by atoms with E-state index in [9.17, 15) is 0 Å². The van der Waals surface area contributed by atoms with Crippen molar-refractivity contribution in [3.63, 3.8) is 0 Å². The van der Waals surface area contributed by atoms with Gasteiger partial charge in [-0.1, -0.05) is 31.2 Å². The average Bonchev–Trinajstić information content (AvgIpc) is 2.42. The molecule has 2 rings (SSSR count). The fourth-order valence-corrected chi connectivity index (χ4v) is 2.49. The Balaban J connectivity index is 2.56. The minimum atomic E-state index is 0.355. The van der Waals surface area contributed by atoms with E-state index in [0.29, 0.717) is 18.5 Å². The topological polar surface area (TPSA) is 27.0 Å². The number of hydrogen-bond donors (Lipinski definition) is 0. The maximum absolute atomic E-state index is 9.00. The van der Waals surface area contributed by atoms with Crippen LogP contribution in [-0.2, 0) is 0 Å². The van der Waals surface area contributed by atoms with E-state index in [2.05, 4.69) is 56.0 Å². The third kappa shape index (κ3) is 2.06. The van der Waals surface area contributed by atoms with Crippen molar-refractivity contribution in [3.8, 4) is 6.07 Å². The molecule has 88 valence electrons. The largest absolute Gasteiger partial charge is 0.354 e. The summed E-state index contributed by atoms with van der Waals surface area (Å²) in [6, 6.07) is 11.0. The lowest BCUT2D eigenvalue weighted by molar-refractivity contribution is 0.545. The van der Waals surface area contributed by atoms with Gasteiger partial charge in [0, 0.05) is 17.3 Å². The van der Waals surface area contributed by atoms with Crippen LogP contribution in [0.3, 0.4) is 0 Å². The molecule has 0 amide bonds. The number of fused-ring (bicyclic) bond motifs is 1. The first-order chi connectivity index (χ1) is 8.15. The lowest BCUT2D eigenvalue weighted by atomic mass is 10.00. The van der Waals surface area contributed by atoms with Crippen LogP contribution in [0.15, 0.2) is 30.3 Å². The SMILES string of the molecule is CC1=C[C@@H](C)[C@@H](C)N(CC#N)c2ccccc21. The monoisotopic (exact) mass is 226 g/mol. The molecule has 0 unspecified atom stereocenters. The average molecular weight is 226 g/mol. The van der Waals surface area contributed by atoms with Gasteiger partial charge in [0.05, 0.1) is 6.07 Å². The molecule has 1 aromatic carbocycles. The Kier molecular flexibility index (Phi) is 3.19. The van der Waals surface area contributed by atoms with E-state index in [1.807, 2.05) is 6.07 Å². The van der Waals surface area contributed by atoms with Gasteiger partial charge in [-0.05, 0) is 31.4 Å². The molecular weight excluding hydrogens is 208 g/mol. The molecule has 2 nitrogen and oxygen atoms in total. The van der Waals surface area contributed by atoms with Crippen molar-refractivity contribution in [2.75, 3.05) is 11.4 Å². The zero-order chi connectivity index (χ0) is 12.4. The molecule has 1 heterocycles. The molecule has 0 saturated carbocycles. The molecule has 2 heteroatoms. The van der Waals surface area contributed by atoms with Crippen molar-refractivity contribution in [1.82, 2.24) is 0 Å². The summed E-state index contributed by atoms with van der Waals surface area (Å²) in [5.41, 5.74) is 3.74. The van der Waals surface area contributed by atoms with Crippen LogP contribution in [0.2, 0.25) is 0 Å². The molecule has 0 aliphatic carbocycles. The summed E-state index contributed by atoms with van der Waals surface area (Å²) in [5, 5.41) is 9.00. The summed E-state index contributed by atoms with van der Waals surface area (Å²) < 4.78 is 0. The summed E-state index contributed by atoms with van der Waals surface area (Å²) in [7, 11) is 0. The first-order valence-corrected chi connectivity index (χ1v) is 6.06. The van der Waals surface area contributed by atoms with Crippen LogP contribution in [0.5, 0.6) is 0 Å². The van der Waals surface area contributed by atoms with Crippen LogP contribution in [0.4, 0.5) is 5.69 Å². The summed E-state index contributed by atoms with van der Waals surface area (Å²) >= 11 is 0. The molecule has 1 aliphatic heterocycles. The van der Waals surface area contributed by atoms with Crippen molar-refractivity contribution in [3.05, 3.63) is 35.9 Å². The van der Waals surface area contributed by atoms with Crippen molar-refractivity contribution < 1.29 is 0 Å². The Morgan fingerprint density at radius 3 is 2.71 bits per heavy atom. The number of para-hydroxylation sites is 1. The predicted octanol–water partition coefficient (Wildman–Crippen LogP) is 3.46. The van der Waals surface area contributed by atoms with Crippen LogP contribution in [0, 0.1) is 17.2 Å². The summed E-state index contributed by atoms with van der Waals surface area (Å²) in [6.07, 6.45) is 2.31. The molecule has 1 aliphatic rings. The molecule has 0 aromatic heterocycles. The third-order valence-corrected chi connectivity index (χ3v) is 3.64. The summed E-state index contributed by atoms with van der Waals surface area (Å²) in [6.45, 7) is 7.00. The highest BCUT2D eigenvalue weighted by Gasteiger charge is 2.24. The highest BCUT2D eigenvalue weighted by molar-refractivity contribution is 5.77. The van der Waals surface area contributed by atoms with Crippen LogP contribution in [0.25, 0.3) is 5.57 Å². The molecule has 0 N–H and O–H groups in total. The van der Waals surface area contributed by atoms with Crippen molar-refractivity contribution in [2.45, 2.75) is 26.8 Å². The van der Waals surface area contributed by atoms with Gasteiger partial charge in [0.2, 0.25) is 0 Å². The number of hydrogen-bond acceptors (Lipinski definition) is 2. The normalized spacial score (nSPS) is 23.4. The van der Waals surface area contributed by atoms with Crippen molar-refractivity contribution in [2.24, 2.45) is 5.92 Å². The van der Waals surface area contributed by atoms with Crippen LogP contribution in [-0.4, -0.2) is 12.6 Å². The standard InChI is InChI=1S/C15H18N2/c1-11-10-12(2)14-6-4-5-7-15(14)17(9-8-16)13(11)3/h4-7,10-11,13H,9H2,1-3H3/t11-,13-/m1/s1. The number of rotatable bonds is 1. The zero-order valence-electron chi connectivity index (χ0n) is 10.6. The highest BCUT2D eigenvalue weighted by Crippen LogP contribution is 2.34. The van der Waals surface area contributed by atoms with E-state index in [1.54, 1.807) is 0 Å². The molecule has 17 heavy (non-hydrogen) atoms. The predicted molar refractivity (Wildman–Crippen MR) is 71.7 cm³/mol. The minimum absolute atomic E-state index is 0.355. The van der Waals surface area contributed by atoms with Crippen LogP contribution >= 0.6 is 0 Å². The molecule has 0 bridgehead atoms. The van der Waals surface area contributed by atoms with E-state index in [-0.39, 0.29) is 0 Å². The van der Waals surface area contributed by atoms with Gasteiger partial charge in [-0.3, -0.25) is 0 Å². The lowest BCUT2D eigenvalue weighted by Gasteiger charge is -2.31. The van der Waals surface area contributed by atoms with Gasteiger partial charge >= 0.3 is 0 Å². The molecule has 2 atom stereocenters.